The number of nitrogens with zero attached hydrogens (tertiary/aromatic N) is 1. The smallest absolute Gasteiger partial charge is 0.138 e. The zero-order valence-electron chi connectivity index (χ0n) is 8.14. The molecule has 1 N–H and O–H groups in total. The van der Waals surface area contributed by atoms with Crippen molar-refractivity contribution in [1.82, 2.24) is 0 Å². The van der Waals surface area contributed by atoms with Gasteiger partial charge in [0.05, 0.1) is 14.9 Å². The van der Waals surface area contributed by atoms with Crippen LogP contribution in [0, 0.1) is 9.39 Å². The first-order valence-corrected chi connectivity index (χ1v) is 5.63. The molecule has 0 aliphatic carbocycles. The number of fused-ring (bicyclic) bond motifs is 1. The summed E-state index contributed by atoms with van der Waals surface area (Å²) in [6.45, 7) is 3.02. The van der Waals surface area contributed by atoms with Crippen LogP contribution in [0.4, 0.5) is 15.8 Å². The average Bonchev–Trinajstić information content (AvgIpc) is 2.15. The number of hydrogen-bond acceptors (Lipinski definition) is 2. The van der Waals surface area contributed by atoms with Gasteiger partial charge in [-0.25, -0.2) is 4.39 Å². The van der Waals surface area contributed by atoms with Crippen LogP contribution in [-0.2, 0) is 0 Å². The molecule has 1 aliphatic heterocycles. The van der Waals surface area contributed by atoms with Gasteiger partial charge in [-0.2, -0.15) is 0 Å². The quantitative estimate of drug-likeness (QED) is 0.741. The highest BCUT2D eigenvalue weighted by molar-refractivity contribution is 14.1. The molecule has 1 atom stereocenters. The number of hydrogen-bond donors (Lipinski definition) is 1. The Morgan fingerprint density at radius 2 is 2.29 bits per heavy atom. The summed E-state index contributed by atoms with van der Waals surface area (Å²) in [6.07, 6.45) is 0. The van der Waals surface area contributed by atoms with E-state index in [1.165, 1.54) is 0 Å². The summed E-state index contributed by atoms with van der Waals surface area (Å²) in [5, 5.41) is 3.30. The van der Waals surface area contributed by atoms with E-state index in [4.69, 9.17) is 0 Å². The first-order valence-electron chi connectivity index (χ1n) is 4.55. The van der Waals surface area contributed by atoms with E-state index in [1.807, 2.05) is 35.7 Å². The van der Waals surface area contributed by atoms with Gasteiger partial charge in [0.1, 0.15) is 5.82 Å². The van der Waals surface area contributed by atoms with Gasteiger partial charge in [-0.3, -0.25) is 0 Å². The van der Waals surface area contributed by atoms with Crippen molar-refractivity contribution >= 4 is 34.0 Å². The molecule has 0 spiro atoms. The van der Waals surface area contributed by atoms with Crippen molar-refractivity contribution < 1.29 is 4.39 Å². The van der Waals surface area contributed by atoms with Crippen LogP contribution in [-0.4, -0.2) is 19.6 Å². The third-order valence-corrected chi connectivity index (χ3v) is 3.49. The summed E-state index contributed by atoms with van der Waals surface area (Å²) in [4.78, 5) is 2.10. The topological polar surface area (TPSA) is 15.3 Å². The lowest BCUT2D eigenvalue weighted by atomic mass is 10.1. The van der Waals surface area contributed by atoms with Crippen molar-refractivity contribution in [2.45, 2.75) is 13.0 Å². The highest BCUT2D eigenvalue weighted by Crippen LogP contribution is 2.33. The number of rotatable bonds is 0. The molecule has 76 valence electrons. The summed E-state index contributed by atoms with van der Waals surface area (Å²) in [7, 11) is 2.00. The monoisotopic (exact) mass is 306 g/mol. The van der Waals surface area contributed by atoms with Crippen molar-refractivity contribution in [2.75, 3.05) is 23.8 Å². The summed E-state index contributed by atoms with van der Waals surface area (Å²) in [6, 6.07) is 3.86. The number of nitrogens with one attached hydrogen (secondary N) is 1. The van der Waals surface area contributed by atoms with Crippen LogP contribution < -0.4 is 10.2 Å². The first kappa shape index (κ1) is 10.0. The molecule has 1 heterocycles. The minimum absolute atomic E-state index is 0.146. The van der Waals surface area contributed by atoms with E-state index in [0.717, 1.165) is 17.9 Å². The predicted molar refractivity (Wildman–Crippen MR) is 65.5 cm³/mol. The van der Waals surface area contributed by atoms with Gasteiger partial charge >= 0.3 is 0 Å². The molecule has 0 aromatic heterocycles. The first-order chi connectivity index (χ1) is 6.59. The summed E-state index contributed by atoms with van der Waals surface area (Å²) in [5.74, 6) is -0.146. The van der Waals surface area contributed by atoms with Gasteiger partial charge in [0.2, 0.25) is 0 Å². The molecule has 0 bridgehead atoms. The second-order valence-corrected chi connectivity index (χ2v) is 4.79. The van der Waals surface area contributed by atoms with Crippen LogP contribution in [0.5, 0.6) is 0 Å². The van der Waals surface area contributed by atoms with Crippen molar-refractivity contribution in [2.24, 2.45) is 0 Å². The Bertz CT molecular complexity index is 367. The lowest BCUT2D eigenvalue weighted by molar-refractivity contribution is 0.615. The zero-order chi connectivity index (χ0) is 10.3. The van der Waals surface area contributed by atoms with Gasteiger partial charge < -0.3 is 10.2 Å². The molecule has 1 unspecified atom stereocenters. The van der Waals surface area contributed by atoms with Gasteiger partial charge in [-0.15, -0.1) is 0 Å². The average molecular weight is 306 g/mol. The van der Waals surface area contributed by atoms with Crippen LogP contribution in [0.25, 0.3) is 0 Å². The van der Waals surface area contributed by atoms with Gasteiger partial charge in [-0.05, 0) is 35.6 Å². The maximum atomic E-state index is 13.3. The van der Waals surface area contributed by atoms with Gasteiger partial charge in [0, 0.05) is 25.7 Å². The molecule has 14 heavy (non-hydrogen) atoms. The summed E-state index contributed by atoms with van der Waals surface area (Å²) in [5.41, 5.74) is 1.97. The third-order valence-electron chi connectivity index (χ3n) is 2.67. The highest BCUT2D eigenvalue weighted by Gasteiger charge is 2.20. The second-order valence-electron chi connectivity index (χ2n) is 3.62. The summed E-state index contributed by atoms with van der Waals surface area (Å²) < 4.78 is 14.0. The van der Waals surface area contributed by atoms with Gasteiger partial charge in [-0.1, -0.05) is 0 Å². The molecule has 4 heteroatoms. The number of likely N-dealkylation sites (N-methyl/N-ethyl adjacent to an activating group) is 1. The highest BCUT2D eigenvalue weighted by atomic mass is 127. The number of anilines is 2. The Morgan fingerprint density at radius 3 is 3.00 bits per heavy atom. The van der Waals surface area contributed by atoms with Crippen molar-refractivity contribution in [3.05, 3.63) is 21.5 Å². The fraction of sp³-hybridized carbons (Fsp3) is 0.400. The van der Waals surface area contributed by atoms with Crippen molar-refractivity contribution in [3.63, 3.8) is 0 Å². The van der Waals surface area contributed by atoms with Crippen molar-refractivity contribution in [1.29, 1.82) is 0 Å². The molecule has 0 amide bonds. The fourth-order valence-corrected chi connectivity index (χ4v) is 2.07. The van der Waals surface area contributed by atoms with E-state index < -0.39 is 0 Å². The third kappa shape index (κ3) is 1.55. The fourth-order valence-electron chi connectivity index (χ4n) is 1.60. The number of benzene rings is 1. The van der Waals surface area contributed by atoms with Gasteiger partial charge in [0.15, 0.2) is 0 Å². The molecule has 0 saturated carbocycles. The SMILES string of the molecule is CC1CNc2cc(I)c(F)cc2N1C. The Hall–Kier alpha value is -0.520. The molecule has 0 fully saturated rings. The lowest BCUT2D eigenvalue weighted by Crippen LogP contribution is -2.39. The molecule has 1 aliphatic rings. The van der Waals surface area contributed by atoms with E-state index >= 15 is 0 Å². The van der Waals surface area contributed by atoms with Crippen LogP contribution >= 0.6 is 22.6 Å². The van der Waals surface area contributed by atoms with Crippen LogP contribution in [0.2, 0.25) is 0 Å². The Balaban J connectivity index is 2.50. The molecule has 0 saturated heterocycles. The molecule has 2 nitrogen and oxygen atoms in total. The number of halogens is 2. The van der Waals surface area contributed by atoms with E-state index in [9.17, 15) is 4.39 Å². The molecule has 1 aromatic carbocycles. The normalized spacial score (nSPS) is 20.3. The standard InChI is InChI=1S/C10H12FIN2/c1-6-5-13-9-4-8(12)7(11)3-10(9)14(6)2/h3-4,6,13H,5H2,1-2H3. The van der Waals surface area contributed by atoms with E-state index in [2.05, 4.69) is 17.1 Å². The maximum absolute atomic E-state index is 13.3. The Kier molecular flexibility index (Phi) is 2.55. The van der Waals surface area contributed by atoms with Gasteiger partial charge in [0.25, 0.3) is 0 Å². The molecule has 1 aromatic rings. The zero-order valence-corrected chi connectivity index (χ0v) is 10.3. The van der Waals surface area contributed by atoms with E-state index in [1.54, 1.807) is 6.07 Å². The van der Waals surface area contributed by atoms with E-state index in [0.29, 0.717) is 9.61 Å². The van der Waals surface area contributed by atoms with Crippen LogP contribution in [0.3, 0.4) is 0 Å². The van der Waals surface area contributed by atoms with E-state index in [-0.39, 0.29) is 5.82 Å². The summed E-state index contributed by atoms with van der Waals surface area (Å²) >= 11 is 2.01. The molecular formula is C10H12FIN2. The Labute approximate surface area is 96.6 Å². The molecule has 2 rings (SSSR count). The molecular weight excluding hydrogens is 294 g/mol. The van der Waals surface area contributed by atoms with Crippen LogP contribution in [0.1, 0.15) is 6.92 Å². The minimum Gasteiger partial charge on any atom is -0.381 e. The lowest BCUT2D eigenvalue weighted by Gasteiger charge is -2.34. The predicted octanol–water partition coefficient (Wildman–Crippen LogP) is 2.68. The largest absolute Gasteiger partial charge is 0.381 e. The van der Waals surface area contributed by atoms with Crippen molar-refractivity contribution in [3.8, 4) is 0 Å². The van der Waals surface area contributed by atoms with Crippen LogP contribution in [0.15, 0.2) is 12.1 Å². The minimum atomic E-state index is -0.146. The second kappa shape index (κ2) is 3.56. The molecule has 0 radical (unpaired) electrons. The maximum Gasteiger partial charge on any atom is 0.138 e. The Morgan fingerprint density at radius 1 is 1.57 bits per heavy atom.